The lowest BCUT2D eigenvalue weighted by molar-refractivity contribution is -0.151. The molecule has 1 aliphatic heterocycles. The summed E-state index contributed by atoms with van der Waals surface area (Å²) in [5.74, 6) is 0.443. The first-order valence-corrected chi connectivity index (χ1v) is 8.14. The molecule has 1 aliphatic carbocycles. The second-order valence-corrected chi connectivity index (χ2v) is 5.89. The Balaban J connectivity index is 1.48. The first-order valence-electron chi connectivity index (χ1n) is 8.14. The summed E-state index contributed by atoms with van der Waals surface area (Å²) in [7, 11) is 0. The predicted octanol–water partition coefficient (Wildman–Crippen LogP) is 2.93. The monoisotopic (exact) mass is 301 g/mol. The Labute approximate surface area is 131 Å². The van der Waals surface area contributed by atoms with Gasteiger partial charge >= 0.3 is 5.97 Å². The molecule has 0 unspecified atom stereocenters. The zero-order valence-electron chi connectivity index (χ0n) is 12.8. The molecule has 1 heterocycles. The lowest BCUT2D eigenvalue weighted by Gasteiger charge is -2.15. The van der Waals surface area contributed by atoms with E-state index in [1.165, 1.54) is 11.1 Å². The molecule has 0 radical (unpaired) electrons. The van der Waals surface area contributed by atoms with E-state index in [0.717, 1.165) is 45.2 Å². The van der Waals surface area contributed by atoms with Gasteiger partial charge in [-0.25, -0.2) is 4.79 Å². The normalized spacial score (nSPS) is 18.8. The third-order valence-corrected chi connectivity index (χ3v) is 4.25. The Bertz CT molecular complexity index is 530. The predicted molar refractivity (Wildman–Crippen MR) is 85.7 cm³/mol. The van der Waals surface area contributed by atoms with Crippen molar-refractivity contribution in [2.45, 2.75) is 38.2 Å². The van der Waals surface area contributed by atoms with Crippen molar-refractivity contribution >= 4 is 11.5 Å². The lowest BCUT2D eigenvalue weighted by Crippen LogP contribution is -2.20. The van der Waals surface area contributed by atoms with Crippen LogP contribution in [0.3, 0.4) is 0 Å². The van der Waals surface area contributed by atoms with Crippen molar-refractivity contribution in [1.29, 1.82) is 0 Å². The molecule has 0 spiro atoms. The highest BCUT2D eigenvalue weighted by Gasteiger charge is 2.19. The van der Waals surface area contributed by atoms with Crippen LogP contribution >= 0.6 is 0 Å². The maximum atomic E-state index is 11.7. The third kappa shape index (κ3) is 4.10. The van der Waals surface area contributed by atoms with Crippen LogP contribution in [0, 0.1) is 0 Å². The second-order valence-electron chi connectivity index (χ2n) is 5.89. The number of hydrogen-bond donors (Lipinski definition) is 1. The topological polar surface area (TPSA) is 47.6 Å². The van der Waals surface area contributed by atoms with Crippen LogP contribution in [0.4, 0.5) is 0 Å². The molecule has 2 aliphatic rings. The van der Waals surface area contributed by atoms with E-state index in [9.17, 15) is 4.79 Å². The molecule has 0 aromatic heterocycles. The summed E-state index contributed by atoms with van der Waals surface area (Å²) in [6.07, 6.45) is 7.67. The minimum atomic E-state index is -0.267. The molecule has 3 rings (SSSR count). The highest BCUT2D eigenvalue weighted by atomic mass is 16.6. The number of nitrogens with one attached hydrogen (secondary N) is 1. The Morgan fingerprint density at radius 2 is 1.95 bits per heavy atom. The Morgan fingerprint density at radius 3 is 2.64 bits per heavy atom. The smallest absolute Gasteiger partial charge is 0.344 e. The van der Waals surface area contributed by atoms with Crippen molar-refractivity contribution in [3.8, 4) is 5.75 Å². The Morgan fingerprint density at radius 1 is 1.18 bits per heavy atom. The molecule has 4 nitrogen and oxygen atoms in total. The number of rotatable bonds is 5. The molecular formula is C18H23NO3. The fraction of sp³-hybridized carbons (Fsp3) is 0.500. The summed E-state index contributed by atoms with van der Waals surface area (Å²) in [6, 6.07) is 7.94. The first-order chi connectivity index (χ1) is 10.8. The van der Waals surface area contributed by atoms with Gasteiger partial charge in [-0.1, -0.05) is 18.2 Å². The number of ether oxygens (including phenoxy) is 2. The zero-order valence-corrected chi connectivity index (χ0v) is 12.8. The van der Waals surface area contributed by atoms with Crippen LogP contribution in [0.5, 0.6) is 5.75 Å². The van der Waals surface area contributed by atoms with Crippen molar-refractivity contribution in [2.24, 2.45) is 0 Å². The average Bonchev–Trinajstić information content (AvgIpc) is 3.07. The van der Waals surface area contributed by atoms with Gasteiger partial charge in [-0.2, -0.15) is 0 Å². The zero-order chi connectivity index (χ0) is 15.2. The number of carbonyl (C=O) groups excluding carboxylic acids is 1. The minimum Gasteiger partial charge on any atom is -0.482 e. The summed E-state index contributed by atoms with van der Waals surface area (Å²) >= 11 is 0. The van der Waals surface area contributed by atoms with Crippen LogP contribution in [0.25, 0.3) is 5.57 Å². The molecule has 0 amide bonds. The highest BCUT2D eigenvalue weighted by Crippen LogP contribution is 2.23. The number of carbonyl (C=O) groups is 1. The van der Waals surface area contributed by atoms with Crippen LogP contribution in [0.2, 0.25) is 0 Å². The molecule has 1 saturated carbocycles. The van der Waals surface area contributed by atoms with Gasteiger partial charge in [0.2, 0.25) is 0 Å². The van der Waals surface area contributed by atoms with Gasteiger partial charge in [-0.05, 0) is 61.9 Å². The van der Waals surface area contributed by atoms with E-state index in [-0.39, 0.29) is 18.7 Å². The fourth-order valence-corrected chi connectivity index (χ4v) is 3.02. The van der Waals surface area contributed by atoms with Gasteiger partial charge in [0.25, 0.3) is 0 Å². The van der Waals surface area contributed by atoms with Gasteiger partial charge in [0.15, 0.2) is 6.61 Å². The van der Waals surface area contributed by atoms with Crippen LogP contribution in [0.1, 0.15) is 37.7 Å². The highest BCUT2D eigenvalue weighted by molar-refractivity contribution is 5.71. The standard InChI is InChI=1S/C18H23NO3/c20-18(22-17-3-1-2-4-17)13-21-16-7-5-14(6-8-16)15-9-11-19-12-10-15/h5-9,17,19H,1-4,10-13H2. The number of benzene rings is 1. The van der Waals surface area contributed by atoms with Crippen LogP contribution in [-0.4, -0.2) is 31.8 Å². The van der Waals surface area contributed by atoms with Crippen molar-refractivity contribution in [2.75, 3.05) is 19.7 Å². The molecule has 0 atom stereocenters. The molecule has 1 N–H and O–H groups in total. The van der Waals surface area contributed by atoms with Crippen molar-refractivity contribution < 1.29 is 14.3 Å². The largest absolute Gasteiger partial charge is 0.482 e. The summed E-state index contributed by atoms with van der Waals surface area (Å²) in [4.78, 5) is 11.7. The fourth-order valence-electron chi connectivity index (χ4n) is 3.02. The maximum Gasteiger partial charge on any atom is 0.344 e. The van der Waals surface area contributed by atoms with E-state index in [0.29, 0.717) is 5.75 Å². The molecule has 1 fully saturated rings. The van der Waals surface area contributed by atoms with Gasteiger partial charge in [0.1, 0.15) is 11.9 Å². The van der Waals surface area contributed by atoms with Crippen molar-refractivity contribution in [1.82, 2.24) is 5.32 Å². The minimum absolute atomic E-state index is 0.0114. The van der Waals surface area contributed by atoms with Gasteiger partial charge in [-0.3, -0.25) is 0 Å². The summed E-state index contributed by atoms with van der Waals surface area (Å²) in [6.45, 7) is 1.94. The summed E-state index contributed by atoms with van der Waals surface area (Å²) < 4.78 is 10.9. The number of esters is 1. The molecule has 4 heteroatoms. The molecule has 1 aromatic rings. The van der Waals surface area contributed by atoms with Crippen molar-refractivity contribution in [3.63, 3.8) is 0 Å². The van der Waals surface area contributed by atoms with Gasteiger partial charge < -0.3 is 14.8 Å². The first kappa shape index (κ1) is 15.1. The summed E-state index contributed by atoms with van der Waals surface area (Å²) in [5.41, 5.74) is 2.59. The van der Waals surface area contributed by atoms with Crippen molar-refractivity contribution in [3.05, 3.63) is 35.9 Å². The van der Waals surface area contributed by atoms with E-state index in [4.69, 9.17) is 9.47 Å². The van der Waals surface area contributed by atoms with E-state index >= 15 is 0 Å². The molecule has 118 valence electrons. The Kier molecular flexibility index (Phi) is 5.11. The molecular weight excluding hydrogens is 278 g/mol. The molecule has 22 heavy (non-hydrogen) atoms. The Hall–Kier alpha value is -1.81. The molecule has 1 aromatic carbocycles. The van der Waals surface area contributed by atoms with Gasteiger partial charge in [0.05, 0.1) is 0 Å². The summed E-state index contributed by atoms with van der Waals surface area (Å²) in [5, 5.41) is 3.31. The number of hydrogen-bond acceptors (Lipinski definition) is 4. The quantitative estimate of drug-likeness (QED) is 0.850. The van der Waals surface area contributed by atoms with E-state index in [1.807, 2.05) is 12.1 Å². The maximum absolute atomic E-state index is 11.7. The molecule has 0 bridgehead atoms. The molecule has 0 saturated heterocycles. The lowest BCUT2D eigenvalue weighted by atomic mass is 10.0. The average molecular weight is 301 g/mol. The van der Waals surface area contributed by atoms with E-state index in [1.54, 1.807) is 0 Å². The van der Waals surface area contributed by atoms with E-state index in [2.05, 4.69) is 23.5 Å². The van der Waals surface area contributed by atoms with Gasteiger partial charge in [-0.15, -0.1) is 0 Å². The van der Waals surface area contributed by atoms with Gasteiger partial charge in [0, 0.05) is 6.54 Å². The second kappa shape index (κ2) is 7.45. The van der Waals surface area contributed by atoms with E-state index < -0.39 is 0 Å². The van der Waals surface area contributed by atoms with Crippen LogP contribution in [0.15, 0.2) is 30.3 Å². The third-order valence-electron chi connectivity index (χ3n) is 4.25. The van der Waals surface area contributed by atoms with Crippen LogP contribution < -0.4 is 10.1 Å². The SMILES string of the molecule is O=C(COc1ccc(C2=CCNCC2)cc1)OC1CCCC1. The van der Waals surface area contributed by atoms with Crippen LogP contribution in [-0.2, 0) is 9.53 Å².